The van der Waals surface area contributed by atoms with Gasteiger partial charge in [0.2, 0.25) is 0 Å². The second-order valence-electron chi connectivity index (χ2n) is 8.87. The Bertz CT molecular complexity index is 1400. The molecule has 8 nitrogen and oxygen atoms in total. The molecule has 9 heteroatoms. The van der Waals surface area contributed by atoms with Crippen LogP contribution in [0.15, 0.2) is 84.9 Å². The van der Waals surface area contributed by atoms with Gasteiger partial charge in [-0.25, -0.2) is 9.71 Å². The fraction of sp³-hybridized carbons (Fsp3) is 0.250. The molecular weight excluding hydrogens is 486 g/mol. The zero-order valence-electron chi connectivity index (χ0n) is 20.8. The van der Waals surface area contributed by atoms with Crippen LogP contribution in [0.3, 0.4) is 0 Å². The van der Waals surface area contributed by atoms with E-state index < -0.39 is 10.2 Å². The summed E-state index contributed by atoms with van der Waals surface area (Å²) >= 11 is 0. The van der Waals surface area contributed by atoms with Crippen LogP contribution < -0.4 is 14.4 Å². The maximum atomic E-state index is 13.0. The second kappa shape index (κ2) is 11.2. The fourth-order valence-electron chi connectivity index (χ4n) is 4.53. The Hall–Kier alpha value is -3.66. The standard InChI is InChI=1S/C28H31N5O3S/c1-36-25-14-12-22(13-15-25)27-26(30-28(31-27)23-8-4-2-5-9-23)16-17-29-37(34,35)33-20-18-32(19-21-33)24-10-6-3-7-11-24/h2-15,29H,16-21H2,1H3,(H,30,31). The van der Waals surface area contributed by atoms with E-state index in [1.807, 2.05) is 72.8 Å². The Morgan fingerprint density at radius 3 is 2.16 bits per heavy atom. The molecule has 4 aromatic rings. The van der Waals surface area contributed by atoms with E-state index >= 15 is 0 Å². The summed E-state index contributed by atoms with van der Waals surface area (Å²) in [6, 6.07) is 27.7. The van der Waals surface area contributed by atoms with Gasteiger partial charge in [-0.2, -0.15) is 12.7 Å². The van der Waals surface area contributed by atoms with E-state index in [0.717, 1.165) is 39.8 Å². The van der Waals surface area contributed by atoms with Crippen molar-refractivity contribution in [3.05, 3.63) is 90.6 Å². The molecule has 0 aliphatic carbocycles. The third-order valence-electron chi connectivity index (χ3n) is 6.55. The summed E-state index contributed by atoms with van der Waals surface area (Å²) < 4.78 is 35.7. The molecule has 37 heavy (non-hydrogen) atoms. The fourth-order valence-corrected chi connectivity index (χ4v) is 5.72. The minimum Gasteiger partial charge on any atom is -0.497 e. The first-order valence-corrected chi connectivity index (χ1v) is 13.8. The van der Waals surface area contributed by atoms with Crippen LogP contribution in [0, 0.1) is 0 Å². The lowest BCUT2D eigenvalue weighted by molar-refractivity contribution is 0.378. The Labute approximate surface area is 218 Å². The summed E-state index contributed by atoms with van der Waals surface area (Å²) in [4.78, 5) is 10.5. The number of ether oxygens (including phenoxy) is 1. The van der Waals surface area contributed by atoms with Gasteiger partial charge in [0, 0.05) is 56.0 Å². The van der Waals surface area contributed by atoms with Gasteiger partial charge in [-0.05, 0) is 36.4 Å². The van der Waals surface area contributed by atoms with Gasteiger partial charge in [0.15, 0.2) is 0 Å². The predicted molar refractivity (Wildman–Crippen MR) is 147 cm³/mol. The summed E-state index contributed by atoms with van der Waals surface area (Å²) in [5.74, 6) is 1.52. The van der Waals surface area contributed by atoms with Gasteiger partial charge in [-0.15, -0.1) is 0 Å². The number of benzene rings is 3. The topological polar surface area (TPSA) is 90.6 Å². The predicted octanol–water partition coefficient (Wildman–Crippen LogP) is 3.95. The Kier molecular flexibility index (Phi) is 7.55. The molecule has 0 spiro atoms. The highest BCUT2D eigenvalue weighted by Gasteiger charge is 2.27. The first kappa shape index (κ1) is 25.0. The van der Waals surface area contributed by atoms with Gasteiger partial charge in [-0.1, -0.05) is 48.5 Å². The minimum absolute atomic E-state index is 0.253. The normalized spacial score (nSPS) is 14.6. The Morgan fingerprint density at radius 2 is 1.51 bits per heavy atom. The highest BCUT2D eigenvalue weighted by atomic mass is 32.2. The number of rotatable bonds is 9. The molecule has 3 aromatic carbocycles. The molecule has 1 aliphatic heterocycles. The van der Waals surface area contributed by atoms with Crippen molar-refractivity contribution in [2.24, 2.45) is 0 Å². The number of hydrogen-bond acceptors (Lipinski definition) is 5. The molecule has 0 saturated carbocycles. The summed E-state index contributed by atoms with van der Waals surface area (Å²) in [5.41, 5.74) is 4.73. The molecule has 2 N–H and O–H groups in total. The molecule has 1 aromatic heterocycles. The lowest BCUT2D eigenvalue weighted by Crippen LogP contribution is -2.52. The molecule has 2 heterocycles. The number of nitrogens with one attached hydrogen (secondary N) is 2. The molecule has 1 saturated heterocycles. The molecule has 0 amide bonds. The molecule has 0 bridgehead atoms. The number of anilines is 1. The molecule has 0 atom stereocenters. The van der Waals surface area contributed by atoms with Crippen LogP contribution in [0.2, 0.25) is 0 Å². The SMILES string of the molecule is COc1ccc(-c2[nH]c(-c3ccccc3)nc2CCNS(=O)(=O)N2CCN(c3ccccc3)CC2)cc1. The third kappa shape index (κ3) is 5.85. The quantitative estimate of drug-likeness (QED) is 0.351. The van der Waals surface area contributed by atoms with Crippen LogP contribution >= 0.6 is 0 Å². The van der Waals surface area contributed by atoms with Crippen LogP contribution in [-0.2, 0) is 16.6 Å². The van der Waals surface area contributed by atoms with E-state index in [0.29, 0.717) is 32.6 Å². The van der Waals surface area contributed by atoms with Crippen molar-refractivity contribution in [2.45, 2.75) is 6.42 Å². The largest absolute Gasteiger partial charge is 0.497 e. The van der Waals surface area contributed by atoms with Crippen LogP contribution in [0.25, 0.3) is 22.6 Å². The zero-order valence-corrected chi connectivity index (χ0v) is 21.6. The van der Waals surface area contributed by atoms with Crippen LogP contribution in [0.4, 0.5) is 5.69 Å². The number of aromatic nitrogens is 2. The number of H-pyrrole nitrogens is 1. The first-order valence-electron chi connectivity index (χ1n) is 12.4. The maximum absolute atomic E-state index is 13.0. The monoisotopic (exact) mass is 517 g/mol. The molecule has 1 fully saturated rings. The number of aromatic amines is 1. The minimum atomic E-state index is -3.59. The molecule has 0 unspecified atom stereocenters. The van der Waals surface area contributed by atoms with Gasteiger partial charge >= 0.3 is 0 Å². The van der Waals surface area contributed by atoms with E-state index in [-0.39, 0.29) is 6.54 Å². The second-order valence-corrected chi connectivity index (χ2v) is 10.6. The molecule has 5 rings (SSSR count). The van der Waals surface area contributed by atoms with Crippen molar-refractivity contribution >= 4 is 15.9 Å². The van der Waals surface area contributed by atoms with Gasteiger partial charge < -0.3 is 14.6 Å². The Morgan fingerprint density at radius 1 is 0.865 bits per heavy atom. The highest BCUT2D eigenvalue weighted by Crippen LogP contribution is 2.28. The molecular formula is C28H31N5O3S. The summed E-state index contributed by atoms with van der Waals surface area (Å²) in [6.07, 6.45) is 0.452. The van der Waals surface area contributed by atoms with E-state index in [1.165, 1.54) is 4.31 Å². The van der Waals surface area contributed by atoms with Crippen molar-refractivity contribution in [3.8, 4) is 28.4 Å². The zero-order chi connectivity index (χ0) is 25.7. The van der Waals surface area contributed by atoms with Crippen molar-refractivity contribution in [2.75, 3.05) is 44.7 Å². The van der Waals surface area contributed by atoms with Crippen molar-refractivity contribution in [1.29, 1.82) is 0 Å². The van der Waals surface area contributed by atoms with Gasteiger partial charge in [0.05, 0.1) is 18.5 Å². The lowest BCUT2D eigenvalue weighted by Gasteiger charge is -2.35. The number of piperazine rings is 1. The van der Waals surface area contributed by atoms with Crippen LogP contribution in [-0.4, -0.2) is 62.5 Å². The summed E-state index contributed by atoms with van der Waals surface area (Å²) in [5, 5.41) is 0. The average Bonchev–Trinajstić information content (AvgIpc) is 3.38. The lowest BCUT2D eigenvalue weighted by atomic mass is 10.1. The van der Waals surface area contributed by atoms with Crippen molar-refractivity contribution < 1.29 is 13.2 Å². The average molecular weight is 518 g/mol. The number of hydrogen-bond donors (Lipinski definition) is 2. The molecule has 0 radical (unpaired) electrons. The van der Waals surface area contributed by atoms with Crippen LogP contribution in [0.1, 0.15) is 5.69 Å². The van der Waals surface area contributed by atoms with Gasteiger partial charge in [0.25, 0.3) is 10.2 Å². The number of para-hydroxylation sites is 1. The number of imidazole rings is 1. The smallest absolute Gasteiger partial charge is 0.279 e. The number of methoxy groups -OCH3 is 1. The highest BCUT2D eigenvalue weighted by molar-refractivity contribution is 7.87. The van der Waals surface area contributed by atoms with Crippen LogP contribution in [0.5, 0.6) is 5.75 Å². The third-order valence-corrected chi connectivity index (χ3v) is 8.16. The number of nitrogens with zero attached hydrogens (tertiary/aromatic N) is 3. The maximum Gasteiger partial charge on any atom is 0.279 e. The summed E-state index contributed by atoms with van der Waals surface area (Å²) in [7, 11) is -1.95. The van der Waals surface area contributed by atoms with E-state index in [1.54, 1.807) is 7.11 Å². The van der Waals surface area contributed by atoms with E-state index in [2.05, 4.69) is 26.7 Å². The van der Waals surface area contributed by atoms with E-state index in [9.17, 15) is 8.42 Å². The van der Waals surface area contributed by atoms with E-state index in [4.69, 9.17) is 9.72 Å². The molecule has 192 valence electrons. The van der Waals surface area contributed by atoms with Crippen molar-refractivity contribution in [3.63, 3.8) is 0 Å². The van der Waals surface area contributed by atoms with Gasteiger partial charge in [0.1, 0.15) is 11.6 Å². The molecule has 1 aliphatic rings. The first-order chi connectivity index (χ1) is 18.0. The Balaban J connectivity index is 1.27. The summed E-state index contributed by atoms with van der Waals surface area (Å²) in [6.45, 7) is 2.46. The van der Waals surface area contributed by atoms with Gasteiger partial charge in [-0.3, -0.25) is 0 Å². The van der Waals surface area contributed by atoms with Crippen molar-refractivity contribution in [1.82, 2.24) is 19.0 Å².